The number of benzene rings is 3. The number of carbonyl (C=O) groups excluding carboxylic acids is 1. The molecule has 132 valence electrons. The molecule has 0 saturated carbocycles. The van der Waals surface area contributed by atoms with Crippen LogP contribution in [0.5, 0.6) is 0 Å². The summed E-state index contributed by atoms with van der Waals surface area (Å²) in [6.07, 6.45) is 0. The molecule has 0 heterocycles. The average molecular weight is 362 g/mol. The fourth-order valence-electron chi connectivity index (χ4n) is 2.78. The van der Waals surface area contributed by atoms with Crippen molar-refractivity contribution in [2.45, 2.75) is 30.0 Å². The van der Waals surface area contributed by atoms with E-state index in [1.807, 2.05) is 55.5 Å². The summed E-state index contributed by atoms with van der Waals surface area (Å²) in [6.45, 7) is 4.02. The lowest BCUT2D eigenvalue weighted by Crippen LogP contribution is -2.34. The molecule has 0 bridgehead atoms. The summed E-state index contributed by atoms with van der Waals surface area (Å²) >= 11 is 1.57. The first-order valence-corrected chi connectivity index (χ1v) is 9.65. The van der Waals surface area contributed by atoms with Crippen LogP contribution in [0.25, 0.3) is 0 Å². The van der Waals surface area contributed by atoms with Crippen LogP contribution in [0.15, 0.2) is 89.8 Å². The standard InChI is InChI=1S/C23H23NOS/c1-17-13-15-20(16-14-17)22(19-9-5-3-6-10-19)24-23(25)18(2)26-21-11-7-4-8-12-21/h3-16,18,22H,1-2H3,(H,24,25)/t18-,22-/m0/s1. The second-order valence-electron chi connectivity index (χ2n) is 6.34. The molecule has 0 unspecified atom stereocenters. The van der Waals surface area contributed by atoms with Crippen LogP contribution < -0.4 is 5.32 Å². The molecule has 0 radical (unpaired) electrons. The van der Waals surface area contributed by atoms with Crippen molar-refractivity contribution >= 4 is 17.7 Å². The van der Waals surface area contributed by atoms with Crippen LogP contribution in [-0.4, -0.2) is 11.2 Å². The maximum absolute atomic E-state index is 12.8. The molecule has 3 aromatic carbocycles. The monoisotopic (exact) mass is 361 g/mol. The molecule has 26 heavy (non-hydrogen) atoms. The molecular weight excluding hydrogens is 338 g/mol. The van der Waals surface area contributed by atoms with E-state index in [0.29, 0.717) is 0 Å². The van der Waals surface area contributed by atoms with E-state index in [0.717, 1.165) is 16.0 Å². The van der Waals surface area contributed by atoms with Crippen molar-refractivity contribution in [3.63, 3.8) is 0 Å². The molecule has 1 N–H and O–H groups in total. The largest absolute Gasteiger partial charge is 0.344 e. The highest BCUT2D eigenvalue weighted by Gasteiger charge is 2.21. The Morgan fingerprint density at radius 1 is 0.808 bits per heavy atom. The van der Waals surface area contributed by atoms with Crippen LogP contribution in [0.1, 0.15) is 29.7 Å². The van der Waals surface area contributed by atoms with Crippen LogP contribution in [0.2, 0.25) is 0 Å². The van der Waals surface area contributed by atoms with Gasteiger partial charge in [0.05, 0.1) is 11.3 Å². The summed E-state index contributed by atoms with van der Waals surface area (Å²) in [5, 5.41) is 3.06. The summed E-state index contributed by atoms with van der Waals surface area (Å²) < 4.78 is 0. The normalized spacial score (nSPS) is 13.0. The van der Waals surface area contributed by atoms with Gasteiger partial charge in [0.2, 0.25) is 5.91 Å². The maximum atomic E-state index is 12.8. The first-order valence-electron chi connectivity index (χ1n) is 8.77. The van der Waals surface area contributed by atoms with Crippen LogP contribution in [0.4, 0.5) is 0 Å². The molecule has 0 aliphatic carbocycles. The minimum Gasteiger partial charge on any atom is -0.344 e. The first kappa shape index (κ1) is 18.3. The number of nitrogens with one attached hydrogen (secondary N) is 1. The number of hydrogen-bond donors (Lipinski definition) is 1. The van der Waals surface area contributed by atoms with Crippen molar-refractivity contribution in [3.8, 4) is 0 Å². The third-order valence-electron chi connectivity index (χ3n) is 4.26. The zero-order chi connectivity index (χ0) is 18.4. The smallest absolute Gasteiger partial charge is 0.233 e. The Kier molecular flexibility index (Phi) is 6.13. The zero-order valence-corrected chi connectivity index (χ0v) is 15.9. The molecule has 3 heteroatoms. The Morgan fingerprint density at radius 2 is 1.35 bits per heavy atom. The molecule has 0 aliphatic rings. The van der Waals surface area contributed by atoms with Crippen molar-refractivity contribution in [1.82, 2.24) is 5.32 Å². The van der Waals surface area contributed by atoms with Gasteiger partial charge in [0.15, 0.2) is 0 Å². The van der Waals surface area contributed by atoms with Crippen LogP contribution >= 0.6 is 11.8 Å². The second-order valence-corrected chi connectivity index (χ2v) is 7.75. The van der Waals surface area contributed by atoms with Gasteiger partial charge in [0.1, 0.15) is 0 Å². The van der Waals surface area contributed by atoms with Gasteiger partial charge in [-0.3, -0.25) is 4.79 Å². The third-order valence-corrected chi connectivity index (χ3v) is 5.37. The first-order chi connectivity index (χ1) is 12.6. The van der Waals surface area contributed by atoms with Crippen molar-refractivity contribution in [2.24, 2.45) is 0 Å². The van der Waals surface area contributed by atoms with Crippen molar-refractivity contribution in [1.29, 1.82) is 0 Å². The van der Waals surface area contributed by atoms with E-state index in [1.54, 1.807) is 11.8 Å². The SMILES string of the molecule is Cc1ccc([C@@H](NC(=O)[C@H](C)Sc2ccccc2)c2ccccc2)cc1. The number of rotatable bonds is 6. The Labute approximate surface area is 159 Å². The van der Waals surface area contributed by atoms with Gasteiger partial charge in [-0.15, -0.1) is 11.8 Å². The molecule has 0 saturated heterocycles. The summed E-state index contributed by atoms with van der Waals surface area (Å²) in [4.78, 5) is 13.9. The van der Waals surface area contributed by atoms with Crippen molar-refractivity contribution in [3.05, 3.63) is 102 Å². The third kappa shape index (κ3) is 4.77. The van der Waals surface area contributed by atoms with Crippen LogP contribution in [0, 0.1) is 6.92 Å². The molecular formula is C23H23NOS. The van der Waals surface area contributed by atoms with Gasteiger partial charge in [-0.25, -0.2) is 0 Å². The van der Waals surface area contributed by atoms with Gasteiger partial charge < -0.3 is 5.32 Å². The molecule has 0 aromatic heterocycles. The summed E-state index contributed by atoms with van der Waals surface area (Å²) in [5.41, 5.74) is 3.38. The van der Waals surface area contributed by atoms with Crippen LogP contribution in [-0.2, 0) is 4.79 Å². The van der Waals surface area contributed by atoms with E-state index in [-0.39, 0.29) is 17.2 Å². The molecule has 3 aromatic rings. The summed E-state index contributed by atoms with van der Waals surface area (Å²) in [7, 11) is 0. The van der Waals surface area contributed by atoms with E-state index < -0.39 is 0 Å². The topological polar surface area (TPSA) is 29.1 Å². The van der Waals surface area contributed by atoms with E-state index in [4.69, 9.17) is 0 Å². The number of thioether (sulfide) groups is 1. The van der Waals surface area contributed by atoms with Gasteiger partial charge in [-0.1, -0.05) is 78.4 Å². The van der Waals surface area contributed by atoms with Crippen molar-refractivity contribution < 1.29 is 4.79 Å². The second kappa shape index (κ2) is 8.72. The molecule has 0 fully saturated rings. The summed E-state index contributed by atoms with van der Waals surface area (Å²) in [6, 6.07) is 28.3. The quantitative estimate of drug-likeness (QED) is 0.597. The van der Waals surface area contributed by atoms with E-state index in [2.05, 4.69) is 48.6 Å². The van der Waals surface area contributed by atoms with E-state index in [9.17, 15) is 4.79 Å². The maximum Gasteiger partial charge on any atom is 0.233 e. The lowest BCUT2D eigenvalue weighted by Gasteiger charge is -2.22. The molecule has 2 nitrogen and oxygen atoms in total. The number of aryl methyl sites for hydroxylation is 1. The molecule has 1 amide bonds. The molecule has 2 atom stereocenters. The number of amides is 1. The molecule has 0 aliphatic heterocycles. The Hall–Kier alpha value is -2.52. The van der Waals surface area contributed by atoms with Gasteiger partial charge in [0, 0.05) is 4.90 Å². The lowest BCUT2D eigenvalue weighted by molar-refractivity contribution is -0.120. The van der Waals surface area contributed by atoms with Gasteiger partial charge in [-0.05, 0) is 37.1 Å². The Balaban J connectivity index is 1.79. The minimum atomic E-state index is -0.172. The van der Waals surface area contributed by atoms with Crippen LogP contribution in [0.3, 0.4) is 0 Å². The Bertz CT molecular complexity index is 831. The van der Waals surface area contributed by atoms with E-state index >= 15 is 0 Å². The van der Waals surface area contributed by atoms with Gasteiger partial charge in [-0.2, -0.15) is 0 Å². The number of hydrogen-bond acceptors (Lipinski definition) is 2. The highest BCUT2D eigenvalue weighted by atomic mass is 32.2. The number of carbonyl (C=O) groups is 1. The Morgan fingerprint density at radius 3 is 1.96 bits per heavy atom. The average Bonchev–Trinajstić information content (AvgIpc) is 2.68. The predicted octanol–water partition coefficient (Wildman–Crippen LogP) is 5.38. The predicted molar refractivity (Wildman–Crippen MR) is 109 cm³/mol. The minimum absolute atomic E-state index is 0.0354. The van der Waals surface area contributed by atoms with Crippen molar-refractivity contribution in [2.75, 3.05) is 0 Å². The zero-order valence-electron chi connectivity index (χ0n) is 15.1. The highest BCUT2D eigenvalue weighted by molar-refractivity contribution is 8.00. The van der Waals surface area contributed by atoms with Gasteiger partial charge >= 0.3 is 0 Å². The fraction of sp³-hybridized carbons (Fsp3) is 0.174. The lowest BCUT2D eigenvalue weighted by atomic mass is 9.97. The highest BCUT2D eigenvalue weighted by Crippen LogP contribution is 2.26. The molecule has 3 rings (SSSR count). The fourth-order valence-corrected chi connectivity index (χ4v) is 3.68. The molecule has 0 spiro atoms. The van der Waals surface area contributed by atoms with E-state index in [1.165, 1.54) is 5.56 Å². The summed E-state index contributed by atoms with van der Waals surface area (Å²) in [5.74, 6) is 0.0354. The van der Waals surface area contributed by atoms with Gasteiger partial charge in [0.25, 0.3) is 0 Å².